The van der Waals surface area contributed by atoms with E-state index in [9.17, 15) is 4.79 Å². The molecular formula is C21H30N4O2S. The normalized spacial score (nSPS) is 19.8. The highest BCUT2D eigenvalue weighted by atomic mass is 32.2. The smallest absolute Gasteiger partial charge is 0.407 e. The Morgan fingerprint density at radius 1 is 1.39 bits per heavy atom. The van der Waals surface area contributed by atoms with Gasteiger partial charge in [-0.3, -0.25) is 5.41 Å². The van der Waals surface area contributed by atoms with Gasteiger partial charge in [0, 0.05) is 30.2 Å². The number of hydrogen-bond donors (Lipinski definition) is 4. The maximum absolute atomic E-state index is 11.8. The summed E-state index contributed by atoms with van der Waals surface area (Å²) in [7, 11) is -0.667. The number of nitrogens with one attached hydrogen (secondary N) is 2. The van der Waals surface area contributed by atoms with E-state index >= 15 is 0 Å². The molecule has 1 aromatic rings. The van der Waals surface area contributed by atoms with Crippen LogP contribution in [0.2, 0.25) is 0 Å². The lowest BCUT2D eigenvalue weighted by atomic mass is 10.0. The van der Waals surface area contributed by atoms with Crippen molar-refractivity contribution in [3.63, 3.8) is 0 Å². The second-order valence-electron chi connectivity index (χ2n) is 8.01. The zero-order chi connectivity index (χ0) is 20.3. The molecule has 0 radical (unpaired) electrons. The van der Waals surface area contributed by atoms with Crippen molar-refractivity contribution in [3.05, 3.63) is 46.2 Å². The Morgan fingerprint density at radius 2 is 2.18 bits per heavy atom. The summed E-state index contributed by atoms with van der Waals surface area (Å²) in [6, 6.07) is 6.58. The molecule has 0 saturated heterocycles. The number of aryl methyl sites for hydroxylation is 1. The Morgan fingerprint density at radius 3 is 2.89 bits per heavy atom. The number of nitrogens with two attached hydrogens (primary N) is 1. The van der Waals surface area contributed by atoms with Gasteiger partial charge in [0.15, 0.2) is 0 Å². The summed E-state index contributed by atoms with van der Waals surface area (Å²) in [5.41, 5.74) is 7.81. The number of fused-ring (bicyclic) bond motifs is 1. The number of thiol groups is 1. The highest BCUT2D eigenvalue weighted by Crippen LogP contribution is 2.49. The molecule has 0 bridgehead atoms. The van der Waals surface area contributed by atoms with Crippen LogP contribution >= 0.6 is 10.9 Å². The SMILES string of the molecule is CC(C)(C)OC(=O)NCCN1CCCc2cc([SH]3C=CC=C3C(=N)N)ccc21. The van der Waals surface area contributed by atoms with Gasteiger partial charge in [0.1, 0.15) is 11.4 Å². The standard InChI is InChI=1S/C21H30N4O2S/c1-21(2,3)27-20(26)24-10-12-25-11-4-6-15-14-16(8-9-17(15)25)28-13-5-7-18(28)19(22)23/h5,7-9,13-14,28H,4,6,10-12H2,1-3H3,(H3,22,23)(H,24,26). The Labute approximate surface area is 169 Å². The van der Waals surface area contributed by atoms with Crippen molar-refractivity contribution in [2.45, 2.75) is 44.1 Å². The molecule has 1 amide bonds. The third-order valence-electron chi connectivity index (χ3n) is 4.63. The van der Waals surface area contributed by atoms with Crippen LogP contribution in [-0.4, -0.2) is 37.2 Å². The summed E-state index contributed by atoms with van der Waals surface area (Å²) in [6.07, 6.45) is 5.70. The average Bonchev–Trinajstić information content (AvgIpc) is 3.10. The van der Waals surface area contributed by atoms with Crippen LogP contribution in [-0.2, 0) is 11.2 Å². The van der Waals surface area contributed by atoms with Gasteiger partial charge in [0.05, 0.1) is 0 Å². The first kappa shape index (κ1) is 20.3. The molecule has 0 spiro atoms. The van der Waals surface area contributed by atoms with E-state index in [1.165, 1.54) is 16.1 Å². The number of hydrogen-bond acceptors (Lipinski definition) is 4. The van der Waals surface area contributed by atoms with E-state index in [1.54, 1.807) is 0 Å². The fraction of sp³-hybridized carbons (Fsp3) is 0.429. The van der Waals surface area contributed by atoms with Crippen molar-refractivity contribution in [2.75, 3.05) is 24.5 Å². The molecule has 28 heavy (non-hydrogen) atoms. The molecule has 0 saturated carbocycles. The van der Waals surface area contributed by atoms with Crippen molar-refractivity contribution in [2.24, 2.45) is 5.73 Å². The Kier molecular flexibility index (Phi) is 6.03. The molecule has 2 aliphatic rings. The number of amidine groups is 1. The number of alkyl carbamates (subject to hydrolysis) is 1. The van der Waals surface area contributed by atoms with E-state index in [0.717, 1.165) is 30.8 Å². The number of carbonyl (C=O) groups excluding carboxylic acids is 1. The second-order valence-corrected chi connectivity index (χ2v) is 10.0. The lowest BCUT2D eigenvalue weighted by Crippen LogP contribution is -2.39. The molecule has 1 atom stereocenters. The van der Waals surface area contributed by atoms with Crippen LogP contribution in [0.25, 0.3) is 0 Å². The molecule has 2 aliphatic heterocycles. The summed E-state index contributed by atoms with van der Waals surface area (Å²) in [4.78, 5) is 16.3. The third-order valence-corrected chi connectivity index (χ3v) is 6.84. The molecule has 1 unspecified atom stereocenters. The predicted molar refractivity (Wildman–Crippen MR) is 118 cm³/mol. The molecule has 7 heteroatoms. The Balaban J connectivity index is 1.65. The van der Waals surface area contributed by atoms with Gasteiger partial charge in [-0.25, -0.2) is 4.79 Å². The molecule has 0 aliphatic carbocycles. The van der Waals surface area contributed by atoms with Crippen LogP contribution in [0.15, 0.2) is 45.6 Å². The zero-order valence-electron chi connectivity index (χ0n) is 16.8. The number of benzene rings is 1. The van der Waals surface area contributed by atoms with Crippen molar-refractivity contribution in [3.8, 4) is 0 Å². The van der Waals surface area contributed by atoms with E-state index in [0.29, 0.717) is 6.54 Å². The van der Waals surface area contributed by atoms with Crippen molar-refractivity contribution in [1.82, 2.24) is 5.32 Å². The van der Waals surface area contributed by atoms with Crippen LogP contribution < -0.4 is 16.0 Å². The quantitative estimate of drug-likeness (QED) is 0.344. The highest BCUT2D eigenvalue weighted by Gasteiger charge is 2.21. The minimum Gasteiger partial charge on any atom is -0.444 e. The van der Waals surface area contributed by atoms with Gasteiger partial charge in [-0.05, 0) is 73.8 Å². The molecule has 2 heterocycles. The second kappa shape index (κ2) is 8.31. The van der Waals surface area contributed by atoms with Gasteiger partial charge < -0.3 is 20.7 Å². The van der Waals surface area contributed by atoms with Gasteiger partial charge in [-0.2, -0.15) is 10.9 Å². The van der Waals surface area contributed by atoms with E-state index in [1.807, 2.05) is 32.9 Å². The fourth-order valence-corrected chi connectivity index (χ4v) is 5.38. The van der Waals surface area contributed by atoms with Gasteiger partial charge in [-0.1, -0.05) is 6.08 Å². The summed E-state index contributed by atoms with van der Waals surface area (Å²) < 4.78 is 5.29. The van der Waals surface area contributed by atoms with Gasteiger partial charge in [0.2, 0.25) is 0 Å². The number of nitrogens with zero attached hydrogens (tertiary/aromatic N) is 1. The molecule has 6 nitrogen and oxygen atoms in total. The number of carbonyl (C=O) groups is 1. The molecule has 152 valence electrons. The monoisotopic (exact) mass is 402 g/mol. The number of anilines is 1. The van der Waals surface area contributed by atoms with Crippen molar-refractivity contribution >= 4 is 28.5 Å². The summed E-state index contributed by atoms with van der Waals surface area (Å²) in [6.45, 7) is 7.85. The lowest BCUT2D eigenvalue weighted by molar-refractivity contribution is 0.0529. The summed E-state index contributed by atoms with van der Waals surface area (Å²) in [5.74, 6) is 0.156. The van der Waals surface area contributed by atoms with Crippen LogP contribution in [0.3, 0.4) is 0 Å². The minimum absolute atomic E-state index is 0.156. The summed E-state index contributed by atoms with van der Waals surface area (Å²) in [5, 5.41) is 12.8. The first-order valence-electron chi connectivity index (χ1n) is 9.61. The number of ether oxygens (including phenoxy) is 1. The molecule has 3 rings (SSSR count). The molecule has 0 aromatic heterocycles. The van der Waals surface area contributed by atoms with Crippen LogP contribution in [0.5, 0.6) is 0 Å². The number of allylic oxidation sites excluding steroid dienone is 2. The van der Waals surface area contributed by atoms with Crippen LogP contribution in [0, 0.1) is 5.41 Å². The number of rotatable bonds is 5. The number of amides is 1. The maximum Gasteiger partial charge on any atom is 0.407 e. The maximum atomic E-state index is 11.8. The molecule has 1 aromatic carbocycles. The largest absolute Gasteiger partial charge is 0.444 e. The highest BCUT2D eigenvalue weighted by molar-refractivity contribution is 8.23. The van der Waals surface area contributed by atoms with Crippen LogP contribution in [0.1, 0.15) is 32.8 Å². The first-order chi connectivity index (χ1) is 13.2. The zero-order valence-corrected chi connectivity index (χ0v) is 17.7. The molecule has 4 N–H and O–H groups in total. The summed E-state index contributed by atoms with van der Waals surface area (Å²) >= 11 is 0. The lowest BCUT2D eigenvalue weighted by Gasteiger charge is -2.32. The van der Waals surface area contributed by atoms with E-state index < -0.39 is 16.5 Å². The molecular weight excluding hydrogens is 372 g/mol. The van der Waals surface area contributed by atoms with Crippen LogP contribution in [0.4, 0.5) is 10.5 Å². The fourth-order valence-electron chi connectivity index (χ4n) is 3.48. The van der Waals surface area contributed by atoms with E-state index in [4.69, 9.17) is 15.9 Å². The first-order valence-corrected chi connectivity index (χ1v) is 11.0. The predicted octanol–water partition coefficient (Wildman–Crippen LogP) is 3.67. The van der Waals surface area contributed by atoms with E-state index in [-0.39, 0.29) is 11.9 Å². The molecule has 0 fully saturated rings. The van der Waals surface area contributed by atoms with Crippen molar-refractivity contribution in [1.29, 1.82) is 5.41 Å². The average molecular weight is 403 g/mol. The van der Waals surface area contributed by atoms with Gasteiger partial charge >= 0.3 is 6.09 Å². The third kappa shape index (κ3) is 4.90. The Hall–Kier alpha value is -2.41. The minimum atomic E-state index is -0.667. The Bertz CT molecular complexity index is 826. The van der Waals surface area contributed by atoms with E-state index in [2.05, 4.69) is 33.8 Å². The van der Waals surface area contributed by atoms with Crippen molar-refractivity contribution < 1.29 is 9.53 Å². The topological polar surface area (TPSA) is 91.4 Å². The van der Waals surface area contributed by atoms with Gasteiger partial charge in [-0.15, -0.1) is 0 Å². The van der Waals surface area contributed by atoms with Gasteiger partial charge in [0.25, 0.3) is 0 Å².